The van der Waals surface area contributed by atoms with E-state index in [-0.39, 0.29) is 0 Å². The Hall–Kier alpha value is -2.75. The van der Waals surface area contributed by atoms with E-state index in [1.807, 2.05) is 50.4 Å². The zero-order chi connectivity index (χ0) is 15.5. The molecule has 0 aliphatic heterocycles. The van der Waals surface area contributed by atoms with E-state index in [1.165, 1.54) is 0 Å². The Balaban J connectivity index is 1.85. The highest BCUT2D eigenvalue weighted by Gasteiger charge is 2.10. The second-order valence-corrected chi connectivity index (χ2v) is 5.32. The minimum Gasteiger partial charge on any atom is -0.489 e. The first-order chi connectivity index (χ1) is 10.6. The second-order valence-electron chi connectivity index (χ2n) is 5.32. The molecule has 2 N–H and O–H groups in total. The molecule has 0 saturated heterocycles. The molecule has 4 nitrogen and oxygen atoms in total. The van der Waals surface area contributed by atoms with Gasteiger partial charge >= 0.3 is 0 Å². The van der Waals surface area contributed by atoms with E-state index in [1.54, 1.807) is 10.9 Å². The van der Waals surface area contributed by atoms with E-state index in [2.05, 4.69) is 17.2 Å². The van der Waals surface area contributed by atoms with Gasteiger partial charge in [0.05, 0.1) is 6.20 Å². The molecule has 2 aromatic carbocycles. The van der Waals surface area contributed by atoms with Gasteiger partial charge in [-0.2, -0.15) is 5.10 Å². The lowest BCUT2D eigenvalue weighted by Crippen LogP contribution is -1.99. The van der Waals surface area contributed by atoms with Gasteiger partial charge in [0.2, 0.25) is 0 Å². The van der Waals surface area contributed by atoms with E-state index >= 15 is 0 Å². The van der Waals surface area contributed by atoms with Gasteiger partial charge in [-0.15, -0.1) is 0 Å². The van der Waals surface area contributed by atoms with Crippen molar-refractivity contribution in [2.45, 2.75) is 13.5 Å². The molecule has 3 aromatic rings. The third kappa shape index (κ3) is 2.81. The number of anilines is 1. The van der Waals surface area contributed by atoms with Gasteiger partial charge in [0.25, 0.3) is 0 Å². The van der Waals surface area contributed by atoms with Gasteiger partial charge in [-0.25, -0.2) is 0 Å². The summed E-state index contributed by atoms with van der Waals surface area (Å²) in [7, 11) is 1.83. The number of benzene rings is 2. The molecule has 0 aliphatic rings. The third-order valence-electron chi connectivity index (χ3n) is 3.72. The molecule has 112 valence electrons. The van der Waals surface area contributed by atoms with E-state index in [9.17, 15) is 0 Å². The van der Waals surface area contributed by atoms with Crippen LogP contribution in [-0.4, -0.2) is 9.78 Å². The number of nitrogen functional groups attached to an aromatic ring is 1. The maximum Gasteiger partial charge on any atom is 0.129 e. The van der Waals surface area contributed by atoms with E-state index < -0.39 is 0 Å². The monoisotopic (exact) mass is 293 g/mol. The first-order valence-electron chi connectivity index (χ1n) is 7.20. The van der Waals surface area contributed by atoms with Crippen molar-refractivity contribution in [2.75, 3.05) is 5.73 Å². The molecule has 0 bridgehead atoms. The first-order valence-corrected chi connectivity index (χ1v) is 7.20. The van der Waals surface area contributed by atoms with Crippen molar-refractivity contribution >= 4 is 5.82 Å². The van der Waals surface area contributed by atoms with Crippen LogP contribution in [0, 0.1) is 6.92 Å². The smallest absolute Gasteiger partial charge is 0.129 e. The average molecular weight is 293 g/mol. The highest BCUT2D eigenvalue weighted by molar-refractivity contribution is 5.74. The molecule has 0 radical (unpaired) electrons. The number of nitrogens with two attached hydrogens (primary N) is 1. The summed E-state index contributed by atoms with van der Waals surface area (Å²) in [5.74, 6) is 1.52. The topological polar surface area (TPSA) is 53.1 Å². The third-order valence-corrected chi connectivity index (χ3v) is 3.72. The summed E-state index contributed by atoms with van der Waals surface area (Å²) in [6, 6.07) is 16.2. The molecule has 3 rings (SSSR count). The molecule has 0 spiro atoms. The maximum atomic E-state index is 6.05. The molecule has 0 amide bonds. The average Bonchev–Trinajstić information content (AvgIpc) is 2.87. The van der Waals surface area contributed by atoms with Crippen LogP contribution in [-0.2, 0) is 13.7 Å². The van der Waals surface area contributed by atoms with Gasteiger partial charge < -0.3 is 10.5 Å². The molecular formula is C18H19N3O. The van der Waals surface area contributed by atoms with Crippen LogP contribution in [0.2, 0.25) is 0 Å². The van der Waals surface area contributed by atoms with E-state index in [4.69, 9.17) is 10.5 Å². The zero-order valence-corrected chi connectivity index (χ0v) is 12.8. The predicted octanol–water partition coefficient (Wildman–Crippen LogP) is 3.56. The van der Waals surface area contributed by atoms with Gasteiger partial charge in [0, 0.05) is 12.6 Å². The molecule has 0 fully saturated rings. The van der Waals surface area contributed by atoms with Crippen molar-refractivity contribution < 1.29 is 4.74 Å². The van der Waals surface area contributed by atoms with Crippen LogP contribution >= 0.6 is 0 Å². The Bertz CT molecular complexity index is 778. The quantitative estimate of drug-likeness (QED) is 0.800. The number of nitrogens with zero attached hydrogens (tertiary/aromatic N) is 2. The lowest BCUT2D eigenvalue weighted by atomic mass is 10.1. The van der Waals surface area contributed by atoms with E-state index in [0.29, 0.717) is 12.4 Å². The van der Waals surface area contributed by atoms with Crippen LogP contribution in [0.15, 0.2) is 54.7 Å². The number of aryl methyl sites for hydroxylation is 2. The molecule has 22 heavy (non-hydrogen) atoms. The van der Waals surface area contributed by atoms with Crippen molar-refractivity contribution in [1.82, 2.24) is 9.78 Å². The molecular weight excluding hydrogens is 274 g/mol. The van der Waals surface area contributed by atoms with Crippen molar-refractivity contribution in [2.24, 2.45) is 7.05 Å². The summed E-state index contributed by atoms with van der Waals surface area (Å²) in [4.78, 5) is 0. The van der Waals surface area contributed by atoms with Gasteiger partial charge in [-0.1, -0.05) is 42.5 Å². The fourth-order valence-electron chi connectivity index (χ4n) is 2.33. The summed E-state index contributed by atoms with van der Waals surface area (Å²) in [5.41, 5.74) is 10.2. The Labute approximate surface area is 130 Å². The van der Waals surface area contributed by atoms with Gasteiger partial charge in [0.15, 0.2) is 0 Å². The fourth-order valence-corrected chi connectivity index (χ4v) is 2.33. The normalized spacial score (nSPS) is 10.6. The fraction of sp³-hybridized carbons (Fsp3) is 0.167. The van der Waals surface area contributed by atoms with Crippen LogP contribution in [0.5, 0.6) is 5.75 Å². The van der Waals surface area contributed by atoms with E-state index in [0.717, 1.165) is 28.0 Å². The summed E-state index contributed by atoms with van der Waals surface area (Å²) in [5, 5.41) is 4.19. The second kappa shape index (κ2) is 5.93. The minimum absolute atomic E-state index is 0.549. The van der Waals surface area contributed by atoms with Crippen molar-refractivity contribution in [3.05, 3.63) is 65.9 Å². The summed E-state index contributed by atoms with van der Waals surface area (Å²) >= 11 is 0. The predicted molar refractivity (Wildman–Crippen MR) is 88.6 cm³/mol. The van der Waals surface area contributed by atoms with Crippen LogP contribution in [0.4, 0.5) is 5.82 Å². The largest absolute Gasteiger partial charge is 0.489 e. The Morgan fingerprint density at radius 1 is 1.14 bits per heavy atom. The molecule has 1 aromatic heterocycles. The van der Waals surface area contributed by atoms with Crippen molar-refractivity contribution in [1.29, 1.82) is 0 Å². The number of ether oxygens (including phenoxy) is 1. The molecule has 0 aliphatic carbocycles. The van der Waals surface area contributed by atoms with Crippen molar-refractivity contribution in [3.8, 4) is 16.9 Å². The Morgan fingerprint density at radius 3 is 2.59 bits per heavy atom. The molecule has 1 heterocycles. The summed E-state index contributed by atoms with van der Waals surface area (Å²) in [6.45, 7) is 2.59. The minimum atomic E-state index is 0.549. The number of rotatable bonds is 4. The molecule has 0 unspecified atom stereocenters. The summed E-state index contributed by atoms with van der Waals surface area (Å²) < 4.78 is 7.63. The van der Waals surface area contributed by atoms with Gasteiger partial charge in [0.1, 0.15) is 18.2 Å². The number of hydrogen-bond acceptors (Lipinski definition) is 3. The summed E-state index contributed by atoms with van der Waals surface area (Å²) in [6.07, 6.45) is 1.78. The Kier molecular flexibility index (Phi) is 3.83. The first kappa shape index (κ1) is 14.2. The zero-order valence-electron chi connectivity index (χ0n) is 12.8. The lowest BCUT2D eigenvalue weighted by molar-refractivity contribution is 0.304. The maximum absolute atomic E-state index is 6.05. The molecule has 0 atom stereocenters. The lowest BCUT2D eigenvalue weighted by Gasteiger charge is -2.11. The SMILES string of the molecule is Cc1ccc(-c2cnn(C)c2N)cc1OCc1ccccc1. The highest BCUT2D eigenvalue weighted by atomic mass is 16.5. The molecule has 4 heteroatoms. The van der Waals surface area contributed by atoms with Crippen molar-refractivity contribution in [3.63, 3.8) is 0 Å². The van der Waals surface area contributed by atoms with Crippen LogP contribution in [0.25, 0.3) is 11.1 Å². The van der Waals surface area contributed by atoms with Gasteiger partial charge in [-0.05, 0) is 29.7 Å². The highest BCUT2D eigenvalue weighted by Crippen LogP contribution is 2.30. The van der Waals surface area contributed by atoms with Crippen LogP contribution < -0.4 is 10.5 Å². The standard InChI is InChI=1S/C18H19N3O/c1-13-8-9-15(16-11-20-21(2)18(16)19)10-17(13)22-12-14-6-4-3-5-7-14/h3-11H,12,19H2,1-2H3. The van der Waals surface area contributed by atoms with Gasteiger partial charge in [-0.3, -0.25) is 4.68 Å². The Morgan fingerprint density at radius 2 is 1.91 bits per heavy atom. The van der Waals surface area contributed by atoms with Crippen LogP contribution in [0.3, 0.4) is 0 Å². The molecule has 0 saturated carbocycles. The number of aromatic nitrogens is 2. The van der Waals surface area contributed by atoms with Crippen LogP contribution in [0.1, 0.15) is 11.1 Å². The number of hydrogen-bond donors (Lipinski definition) is 1.